The second-order valence-electron chi connectivity index (χ2n) is 5.28. The predicted octanol–water partition coefficient (Wildman–Crippen LogP) is 4.18. The second-order valence-corrected chi connectivity index (χ2v) is 5.72. The van der Waals surface area contributed by atoms with Gasteiger partial charge in [0.1, 0.15) is 5.82 Å². The summed E-state index contributed by atoms with van der Waals surface area (Å²) < 4.78 is 13.6. The summed E-state index contributed by atoms with van der Waals surface area (Å²) in [6.07, 6.45) is 5.99. The van der Waals surface area contributed by atoms with E-state index in [0.29, 0.717) is 10.9 Å². The molecule has 0 spiro atoms. The molecule has 1 aliphatic carbocycles. The van der Waals surface area contributed by atoms with Crippen LogP contribution in [0.3, 0.4) is 0 Å². The number of hydrogen-bond donors (Lipinski definition) is 1. The fourth-order valence-electron chi connectivity index (χ4n) is 2.71. The van der Waals surface area contributed by atoms with Crippen LogP contribution in [0.2, 0.25) is 5.02 Å². The summed E-state index contributed by atoms with van der Waals surface area (Å²) in [4.78, 5) is 12.1. The van der Waals surface area contributed by atoms with Crippen LogP contribution in [-0.2, 0) is 0 Å². The highest BCUT2D eigenvalue weighted by atomic mass is 35.5. The smallest absolute Gasteiger partial charge is 0.254 e. The lowest BCUT2D eigenvalue weighted by Crippen LogP contribution is -2.39. The lowest BCUT2D eigenvalue weighted by atomic mass is 9.84. The third-order valence-electron chi connectivity index (χ3n) is 3.89. The van der Waals surface area contributed by atoms with Gasteiger partial charge in [0.2, 0.25) is 0 Å². The monoisotopic (exact) mass is 283 g/mol. The molecule has 1 aromatic carbocycles. The lowest BCUT2D eigenvalue weighted by molar-refractivity contribution is 0.0915. The highest BCUT2D eigenvalue weighted by Gasteiger charge is 2.22. The highest BCUT2D eigenvalue weighted by Crippen LogP contribution is 2.26. The van der Waals surface area contributed by atoms with Crippen molar-refractivity contribution < 1.29 is 9.18 Å². The van der Waals surface area contributed by atoms with Crippen LogP contribution in [0.4, 0.5) is 4.39 Å². The van der Waals surface area contributed by atoms with Crippen molar-refractivity contribution in [1.82, 2.24) is 5.32 Å². The first-order chi connectivity index (χ1) is 9.08. The van der Waals surface area contributed by atoms with Crippen LogP contribution in [0.25, 0.3) is 0 Å². The number of halogens is 2. The molecule has 2 nitrogen and oxygen atoms in total. The van der Waals surface area contributed by atoms with Gasteiger partial charge in [-0.2, -0.15) is 0 Å². The molecule has 1 N–H and O–H groups in total. The Morgan fingerprint density at radius 2 is 2.05 bits per heavy atom. The van der Waals surface area contributed by atoms with E-state index in [0.717, 1.165) is 12.8 Å². The van der Waals surface area contributed by atoms with Gasteiger partial charge in [0.15, 0.2) is 0 Å². The minimum atomic E-state index is -0.530. The zero-order valence-electron chi connectivity index (χ0n) is 11.1. The number of amides is 1. The van der Waals surface area contributed by atoms with Crippen LogP contribution in [0.1, 0.15) is 49.4 Å². The SMILES string of the molecule is CC(NC(=O)c1cc(Cl)ccc1F)C1CCCCC1. The van der Waals surface area contributed by atoms with Crippen LogP contribution >= 0.6 is 11.6 Å². The molecule has 0 heterocycles. The molecule has 1 aliphatic rings. The standard InChI is InChI=1S/C15H19ClFNO/c1-10(11-5-3-2-4-6-11)18-15(19)13-9-12(16)7-8-14(13)17/h7-11H,2-6H2,1H3,(H,18,19). The molecule has 104 valence electrons. The van der Waals surface area contributed by atoms with Gasteiger partial charge < -0.3 is 5.32 Å². The average Bonchev–Trinajstić information content (AvgIpc) is 2.42. The zero-order chi connectivity index (χ0) is 13.8. The average molecular weight is 284 g/mol. The minimum Gasteiger partial charge on any atom is -0.349 e. The molecule has 4 heteroatoms. The topological polar surface area (TPSA) is 29.1 Å². The first-order valence-electron chi connectivity index (χ1n) is 6.84. The van der Waals surface area contributed by atoms with Crippen molar-refractivity contribution in [2.75, 3.05) is 0 Å². The third kappa shape index (κ3) is 3.69. The summed E-state index contributed by atoms with van der Waals surface area (Å²) in [6.45, 7) is 2.00. The number of benzene rings is 1. The predicted molar refractivity (Wildman–Crippen MR) is 74.9 cm³/mol. The van der Waals surface area contributed by atoms with Gasteiger partial charge in [0, 0.05) is 11.1 Å². The molecular formula is C15H19ClFNO. The summed E-state index contributed by atoms with van der Waals surface area (Å²) in [5.74, 6) is -0.407. The zero-order valence-corrected chi connectivity index (χ0v) is 11.8. The highest BCUT2D eigenvalue weighted by molar-refractivity contribution is 6.31. The van der Waals surface area contributed by atoms with Crippen LogP contribution in [0, 0.1) is 11.7 Å². The summed E-state index contributed by atoms with van der Waals surface area (Å²) in [5.41, 5.74) is 0.0233. The van der Waals surface area contributed by atoms with Gasteiger partial charge in [-0.05, 0) is 43.9 Å². The molecule has 19 heavy (non-hydrogen) atoms. The Balaban J connectivity index is 2.01. The van der Waals surface area contributed by atoms with Gasteiger partial charge in [0.05, 0.1) is 5.56 Å². The van der Waals surface area contributed by atoms with Crippen molar-refractivity contribution in [2.45, 2.75) is 45.1 Å². The Bertz CT molecular complexity index is 457. The maximum atomic E-state index is 13.6. The molecule has 1 amide bonds. The fourth-order valence-corrected chi connectivity index (χ4v) is 2.88. The molecule has 0 aromatic heterocycles. The molecule has 0 bridgehead atoms. The van der Waals surface area contributed by atoms with Crippen molar-refractivity contribution in [1.29, 1.82) is 0 Å². The van der Waals surface area contributed by atoms with Crippen molar-refractivity contribution in [3.8, 4) is 0 Å². The van der Waals surface area contributed by atoms with E-state index >= 15 is 0 Å². The van der Waals surface area contributed by atoms with Gasteiger partial charge in [-0.3, -0.25) is 4.79 Å². The molecule has 0 aliphatic heterocycles. The van der Waals surface area contributed by atoms with E-state index < -0.39 is 5.82 Å². The summed E-state index contributed by atoms with van der Waals surface area (Å²) in [5, 5.41) is 3.27. The molecular weight excluding hydrogens is 265 g/mol. The summed E-state index contributed by atoms with van der Waals surface area (Å²) in [6, 6.07) is 4.12. The van der Waals surface area contributed by atoms with Gasteiger partial charge in [-0.15, -0.1) is 0 Å². The molecule has 1 unspecified atom stereocenters. The number of carbonyl (C=O) groups is 1. The maximum absolute atomic E-state index is 13.6. The van der Waals surface area contributed by atoms with Gasteiger partial charge >= 0.3 is 0 Å². The molecule has 1 saturated carbocycles. The molecule has 0 saturated heterocycles. The van der Waals surface area contributed by atoms with E-state index in [2.05, 4.69) is 5.32 Å². The van der Waals surface area contributed by atoms with Crippen LogP contribution in [0.15, 0.2) is 18.2 Å². The summed E-state index contributed by atoms with van der Waals surface area (Å²) in [7, 11) is 0. The fraction of sp³-hybridized carbons (Fsp3) is 0.533. The van der Waals surface area contributed by atoms with Crippen molar-refractivity contribution in [3.05, 3.63) is 34.6 Å². The number of nitrogens with one attached hydrogen (secondary N) is 1. The van der Waals surface area contributed by atoms with E-state index in [1.54, 1.807) is 0 Å². The molecule has 2 rings (SSSR count). The molecule has 1 aromatic rings. The molecule has 1 fully saturated rings. The normalized spacial score (nSPS) is 18.1. The Morgan fingerprint density at radius 3 is 2.74 bits per heavy atom. The Kier molecular flexibility index (Phi) is 4.81. The van der Waals surface area contributed by atoms with Crippen molar-refractivity contribution >= 4 is 17.5 Å². The van der Waals surface area contributed by atoms with Crippen LogP contribution in [0.5, 0.6) is 0 Å². The second kappa shape index (κ2) is 6.38. The largest absolute Gasteiger partial charge is 0.349 e. The molecule has 1 atom stereocenters. The first-order valence-corrected chi connectivity index (χ1v) is 7.21. The van der Waals surface area contributed by atoms with Gasteiger partial charge in [0.25, 0.3) is 5.91 Å². The van der Waals surface area contributed by atoms with Crippen molar-refractivity contribution in [3.63, 3.8) is 0 Å². The Hall–Kier alpha value is -1.09. The van der Waals surface area contributed by atoms with Crippen LogP contribution < -0.4 is 5.32 Å². The van der Waals surface area contributed by atoms with Gasteiger partial charge in [-0.25, -0.2) is 4.39 Å². The van der Waals surface area contributed by atoms with E-state index in [4.69, 9.17) is 11.6 Å². The summed E-state index contributed by atoms with van der Waals surface area (Å²) >= 11 is 5.80. The number of hydrogen-bond acceptors (Lipinski definition) is 1. The molecule has 0 radical (unpaired) electrons. The van der Waals surface area contributed by atoms with E-state index in [9.17, 15) is 9.18 Å². The van der Waals surface area contributed by atoms with E-state index in [1.165, 1.54) is 37.5 Å². The minimum absolute atomic E-state index is 0.0233. The third-order valence-corrected chi connectivity index (χ3v) is 4.12. The van der Waals surface area contributed by atoms with E-state index in [-0.39, 0.29) is 17.5 Å². The maximum Gasteiger partial charge on any atom is 0.254 e. The van der Waals surface area contributed by atoms with E-state index in [1.807, 2.05) is 6.92 Å². The first kappa shape index (κ1) is 14.3. The van der Waals surface area contributed by atoms with Gasteiger partial charge in [-0.1, -0.05) is 30.9 Å². The Morgan fingerprint density at radius 1 is 1.37 bits per heavy atom. The Labute approximate surface area is 118 Å². The number of rotatable bonds is 3. The lowest BCUT2D eigenvalue weighted by Gasteiger charge is -2.28. The van der Waals surface area contributed by atoms with Crippen molar-refractivity contribution in [2.24, 2.45) is 5.92 Å². The van der Waals surface area contributed by atoms with Crippen LogP contribution in [-0.4, -0.2) is 11.9 Å². The quantitative estimate of drug-likeness (QED) is 0.886. The number of carbonyl (C=O) groups excluding carboxylic acids is 1.